The molecule has 27 heavy (non-hydrogen) atoms. The Bertz CT molecular complexity index is 830. The minimum absolute atomic E-state index is 0.0176. The Balaban J connectivity index is 1.64. The zero-order chi connectivity index (χ0) is 18.9. The Morgan fingerprint density at radius 1 is 1.26 bits per heavy atom. The molecule has 6 nitrogen and oxygen atoms in total. The summed E-state index contributed by atoms with van der Waals surface area (Å²) in [4.78, 5) is 19.6. The smallest absolute Gasteiger partial charge is 0.229 e. The van der Waals surface area contributed by atoms with E-state index in [1.54, 1.807) is 6.20 Å². The molecular formula is C21H28N4O2. The van der Waals surface area contributed by atoms with Crippen LogP contribution in [-0.2, 0) is 9.53 Å². The maximum atomic E-state index is 13.0. The first kappa shape index (κ1) is 18.2. The lowest BCUT2D eigenvalue weighted by Crippen LogP contribution is -2.51. The standard InChI is InChI=1S/C21H28N4O2/c1-21(22)8-3-2-4-17(21)20(26)24-18-5-6-19(25-10-12-27-13-11-25)15-7-9-23-14-16(15)18/h5-7,9,14,17H,2-4,8,10-13,22H2,1H3,(H,24,26). The number of nitrogens with two attached hydrogens (primary N) is 1. The summed E-state index contributed by atoms with van der Waals surface area (Å²) in [7, 11) is 0. The molecule has 0 spiro atoms. The minimum Gasteiger partial charge on any atom is -0.378 e. The number of carbonyl (C=O) groups excluding carboxylic acids is 1. The van der Waals surface area contributed by atoms with Gasteiger partial charge in [-0.2, -0.15) is 0 Å². The number of anilines is 2. The fourth-order valence-electron chi connectivity index (χ4n) is 4.37. The van der Waals surface area contributed by atoms with Crippen molar-refractivity contribution in [3.63, 3.8) is 0 Å². The van der Waals surface area contributed by atoms with Crippen LogP contribution in [0, 0.1) is 5.92 Å². The lowest BCUT2D eigenvalue weighted by Gasteiger charge is -2.37. The Morgan fingerprint density at radius 2 is 2.07 bits per heavy atom. The molecule has 1 aromatic heterocycles. The van der Waals surface area contributed by atoms with Gasteiger partial charge in [0.15, 0.2) is 0 Å². The van der Waals surface area contributed by atoms with Gasteiger partial charge in [-0.25, -0.2) is 0 Å². The van der Waals surface area contributed by atoms with Gasteiger partial charge in [-0.05, 0) is 38.0 Å². The molecule has 0 radical (unpaired) electrons. The largest absolute Gasteiger partial charge is 0.378 e. The van der Waals surface area contributed by atoms with Crippen molar-refractivity contribution in [2.75, 3.05) is 36.5 Å². The highest BCUT2D eigenvalue weighted by Gasteiger charge is 2.37. The summed E-state index contributed by atoms with van der Waals surface area (Å²) < 4.78 is 5.47. The van der Waals surface area contributed by atoms with Gasteiger partial charge in [0.25, 0.3) is 0 Å². The van der Waals surface area contributed by atoms with E-state index in [2.05, 4.69) is 21.3 Å². The van der Waals surface area contributed by atoms with Gasteiger partial charge < -0.3 is 20.7 Å². The number of nitrogens with zero attached hydrogens (tertiary/aromatic N) is 2. The summed E-state index contributed by atoms with van der Waals surface area (Å²) >= 11 is 0. The highest BCUT2D eigenvalue weighted by Crippen LogP contribution is 2.35. The van der Waals surface area contributed by atoms with Gasteiger partial charge in [-0.3, -0.25) is 9.78 Å². The number of fused-ring (bicyclic) bond motifs is 1. The molecule has 1 aliphatic heterocycles. The van der Waals surface area contributed by atoms with E-state index in [9.17, 15) is 4.79 Å². The van der Waals surface area contributed by atoms with E-state index in [-0.39, 0.29) is 11.8 Å². The van der Waals surface area contributed by atoms with Gasteiger partial charge in [0.1, 0.15) is 0 Å². The first-order valence-electron chi connectivity index (χ1n) is 9.85. The van der Waals surface area contributed by atoms with E-state index in [0.717, 1.165) is 74.1 Å². The fraction of sp³-hybridized carbons (Fsp3) is 0.524. The summed E-state index contributed by atoms with van der Waals surface area (Å²) in [5.74, 6) is -0.138. The fourth-order valence-corrected chi connectivity index (χ4v) is 4.37. The maximum Gasteiger partial charge on any atom is 0.229 e. The van der Waals surface area contributed by atoms with Gasteiger partial charge in [-0.1, -0.05) is 12.8 Å². The molecule has 144 valence electrons. The van der Waals surface area contributed by atoms with Gasteiger partial charge in [-0.15, -0.1) is 0 Å². The minimum atomic E-state index is -0.440. The molecule has 1 saturated heterocycles. The summed E-state index contributed by atoms with van der Waals surface area (Å²) in [5, 5.41) is 5.20. The van der Waals surface area contributed by atoms with Crippen molar-refractivity contribution in [3.8, 4) is 0 Å². The molecule has 3 N–H and O–H groups in total. The van der Waals surface area contributed by atoms with E-state index < -0.39 is 5.54 Å². The van der Waals surface area contributed by atoms with Crippen LogP contribution in [0.2, 0.25) is 0 Å². The zero-order valence-corrected chi connectivity index (χ0v) is 15.9. The number of carbonyl (C=O) groups is 1. The third-order valence-electron chi connectivity index (χ3n) is 5.98. The molecule has 1 saturated carbocycles. The Labute approximate surface area is 160 Å². The first-order chi connectivity index (χ1) is 13.1. The van der Waals surface area contributed by atoms with Crippen molar-refractivity contribution < 1.29 is 9.53 Å². The molecule has 1 amide bonds. The number of amides is 1. The number of pyridine rings is 1. The van der Waals surface area contributed by atoms with E-state index in [1.807, 2.05) is 25.3 Å². The van der Waals surface area contributed by atoms with Crippen LogP contribution < -0.4 is 16.0 Å². The quantitative estimate of drug-likeness (QED) is 0.871. The second-order valence-corrected chi connectivity index (χ2v) is 7.95. The lowest BCUT2D eigenvalue weighted by molar-refractivity contribution is -0.122. The number of hydrogen-bond donors (Lipinski definition) is 2. The molecule has 2 fully saturated rings. The Hall–Kier alpha value is -2.18. The Kier molecular flexibility index (Phi) is 5.02. The second-order valence-electron chi connectivity index (χ2n) is 7.95. The number of benzene rings is 1. The van der Waals surface area contributed by atoms with Crippen molar-refractivity contribution in [1.29, 1.82) is 0 Å². The number of hydrogen-bond acceptors (Lipinski definition) is 5. The third kappa shape index (κ3) is 3.64. The van der Waals surface area contributed by atoms with E-state index in [1.165, 1.54) is 0 Å². The SMILES string of the molecule is CC1(N)CCCCC1C(=O)Nc1ccc(N2CCOCC2)c2ccncc12. The number of aromatic nitrogens is 1. The van der Waals surface area contributed by atoms with Crippen LogP contribution in [-0.4, -0.2) is 42.7 Å². The van der Waals surface area contributed by atoms with Crippen molar-refractivity contribution >= 4 is 28.1 Å². The number of rotatable bonds is 3. The number of ether oxygens (including phenoxy) is 1. The molecule has 2 aliphatic rings. The normalized spacial score (nSPS) is 26.1. The number of morpholine rings is 1. The molecule has 2 heterocycles. The molecular weight excluding hydrogens is 340 g/mol. The van der Waals surface area contributed by atoms with Crippen molar-refractivity contribution in [2.45, 2.75) is 38.1 Å². The lowest BCUT2D eigenvalue weighted by atomic mass is 9.74. The third-order valence-corrected chi connectivity index (χ3v) is 5.98. The first-order valence-corrected chi connectivity index (χ1v) is 9.85. The van der Waals surface area contributed by atoms with Gasteiger partial charge in [0.2, 0.25) is 5.91 Å². The summed E-state index contributed by atoms with van der Waals surface area (Å²) in [5.41, 5.74) is 7.95. The van der Waals surface area contributed by atoms with Crippen molar-refractivity contribution in [3.05, 3.63) is 30.6 Å². The predicted molar refractivity (Wildman–Crippen MR) is 108 cm³/mol. The van der Waals surface area contributed by atoms with E-state index in [4.69, 9.17) is 10.5 Å². The van der Waals surface area contributed by atoms with Crippen LogP contribution in [0.3, 0.4) is 0 Å². The van der Waals surface area contributed by atoms with Crippen LogP contribution in [0.5, 0.6) is 0 Å². The molecule has 4 rings (SSSR count). The van der Waals surface area contributed by atoms with Gasteiger partial charge in [0, 0.05) is 47.5 Å². The van der Waals surface area contributed by atoms with Gasteiger partial charge in [0.05, 0.1) is 24.8 Å². The second kappa shape index (κ2) is 7.44. The zero-order valence-electron chi connectivity index (χ0n) is 15.9. The summed E-state index contributed by atoms with van der Waals surface area (Å²) in [6.45, 7) is 5.22. The molecule has 2 atom stereocenters. The maximum absolute atomic E-state index is 13.0. The van der Waals surface area contributed by atoms with Crippen LogP contribution in [0.15, 0.2) is 30.6 Å². The number of nitrogens with one attached hydrogen (secondary N) is 1. The van der Waals surface area contributed by atoms with E-state index >= 15 is 0 Å². The van der Waals surface area contributed by atoms with E-state index in [0.29, 0.717) is 0 Å². The van der Waals surface area contributed by atoms with Crippen LogP contribution >= 0.6 is 0 Å². The van der Waals surface area contributed by atoms with Gasteiger partial charge >= 0.3 is 0 Å². The summed E-state index contributed by atoms with van der Waals surface area (Å²) in [6.07, 6.45) is 7.53. The average molecular weight is 368 g/mol. The highest BCUT2D eigenvalue weighted by atomic mass is 16.5. The van der Waals surface area contributed by atoms with Crippen LogP contribution in [0.1, 0.15) is 32.6 Å². The van der Waals surface area contributed by atoms with Crippen LogP contribution in [0.25, 0.3) is 10.8 Å². The predicted octanol–water partition coefficient (Wildman–Crippen LogP) is 2.92. The molecule has 0 bridgehead atoms. The molecule has 6 heteroatoms. The Morgan fingerprint density at radius 3 is 2.85 bits per heavy atom. The van der Waals surface area contributed by atoms with Crippen molar-refractivity contribution in [1.82, 2.24) is 4.98 Å². The van der Waals surface area contributed by atoms with Crippen LogP contribution in [0.4, 0.5) is 11.4 Å². The molecule has 2 unspecified atom stereocenters. The summed E-state index contributed by atoms with van der Waals surface area (Å²) in [6, 6.07) is 6.10. The molecule has 1 aromatic carbocycles. The average Bonchev–Trinajstić information content (AvgIpc) is 2.68. The highest BCUT2D eigenvalue weighted by molar-refractivity contribution is 6.07. The topological polar surface area (TPSA) is 80.5 Å². The molecule has 1 aliphatic carbocycles. The molecule has 2 aromatic rings. The monoisotopic (exact) mass is 368 g/mol. The van der Waals surface area contributed by atoms with Crippen molar-refractivity contribution in [2.24, 2.45) is 11.7 Å².